The highest BCUT2D eigenvalue weighted by Crippen LogP contribution is 2.19. The molecule has 0 spiro atoms. The number of carbonyl (C=O) groups is 1. The van der Waals surface area contributed by atoms with Gasteiger partial charge in [0.1, 0.15) is 0 Å². The van der Waals surface area contributed by atoms with Gasteiger partial charge in [-0.05, 0) is 55.7 Å². The van der Waals surface area contributed by atoms with Gasteiger partial charge in [-0.3, -0.25) is 9.59 Å². The molecule has 5 heteroatoms. The van der Waals surface area contributed by atoms with Crippen LogP contribution in [0.1, 0.15) is 22.4 Å². The average molecular weight is 366 g/mol. The maximum Gasteiger partial charge on any atom is 0.234 e. The molecule has 1 amide bonds. The van der Waals surface area contributed by atoms with Gasteiger partial charge in [0.15, 0.2) is 5.43 Å². The molecule has 0 fully saturated rings. The molecule has 0 saturated carbocycles. The Labute approximate surface area is 157 Å². The highest BCUT2D eigenvalue weighted by molar-refractivity contribution is 7.99. The summed E-state index contributed by atoms with van der Waals surface area (Å²) >= 11 is 1.48. The average Bonchev–Trinajstić information content (AvgIpc) is 2.58. The van der Waals surface area contributed by atoms with E-state index in [1.54, 1.807) is 6.07 Å². The quantitative estimate of drug-likeness (QED) is 0.707. The van der Waals surface area contributed by atoms with E-state index in [4.69, 9.17) is 0 Å². The molecule has 4 nitrogen and oxygen atoms in total. The number of aromatic nitrogens is 1. The zero-order valence-corrected chi connectivity index (χ0v) is 16.0. The number of aromatic amines is 1. The summed E-state index contributed by atoms with van der Waals surface area (Å²) in [6, 6.07) is 13.2. The molecule has 0 aliphatic heterocycles. The van der Waals surface area contributed by atoms with Gasteiger partial charge in [-0.15, -0.1) is 11.8 Å². The lowest BCUT2D eigenvalue weighted by atomic mass is 10.0. The molecule has 1 heterocycles. The van der Waals surface area contributed by atoms with Crippen molar-refractivity contribution in [3.05, 3.63) is 75.1 Å². The first-order valence-corrected chi connectivity index (χ1v) is 9.66. The molecule has 2 aromatic carbocycles. The molecule has 3 aromatic rings. The normalized spacial score (nSPS) is 10.9. The molecule has 0 saturated heterocycles. The number of hydrogen-bond acceptors (Lipinski definition) is 3. The minimum absolute atomic E-state index is 0.0154. The molecule has 0 unspecified atom stereocenters. The van der Waals surface area contributed by atoms with Crippen molar-refractivity contribution in [2.24, 2.45) is 0 Å². The lowest BCUT2D eigenvalue weighted by Crippen LogP contribution is -2.14. The summed E-state index contributed by atoms with van der Waals surface area (Å²) < 4.78 is 0. The van der Waals surface area contributed by atoms with E-state index in [2.05, 4.69) is 10.3 Å². The Hall–Kier alpha value is -2.53. The number of amides is 1. The molecule has 3 rings (SSSR count). The van der Waals surface area contributed by atoms with E-state index >= 15 is 0 Å². The Balaban J connectivity index is 1.65. The number of rotatable bonds is 5. The second-order valence-corrected chi connectivity index (χ2v) is 7.48. The number of H-pyrrole nitrogens is 1. The van der Waals surface area contributed by atoms with Gasteiger partial charge in [-0.25, -0.2) is 0 Å². The summed E-state index contributed by atoms with van der Waals surface area (Å²) in [6.07, 6.45) is 0. The molecule has 0 aliphatic carbocycles. The van der Waals surface area contributed by atoms with Gasteiger partial charge in [0.2, 0.25) is 5.91 Å². The fourth-order valence-corrected chi connectivity index (χ4v) is 3.60. The van der Waals surface area contributed by atoms with Crippen molar-refractivity contribution in [2.75, 3.05) is 11.1 Å². The van der Waals surface area contributed by atoms with Crippen LogP contribution in [0, 0.1) is 20.8 Å². The van der Waals surface area contributed by atoms with E-state index in [0.717, 1.165) is 33.6 Å². The number of hydrogen-bond donors (Lipinski definition) is 2. The highest BCUT2D eigenvalue weighted by atomic mass is 32.2. The summed E-state index contributed by atoms with van der Waals surface area (Å²) in [5, 5.41) is 3.60. The molecular formula is C21H22N2O2S. The number of fused-ring (bicyclic) bond motifs is 1. The second-order valence-electron chi connectivity index (χ2n) is 6.50. The number of carbonyl (C=O) groups excluding carboxylic acids is 1. The number of benzene rings is 2. The van der Waals surface area contributed by atoms with Crippen molar-refractivity contribution in [2.45, 2.75) is 26.5 Å². The third-order valence-corrected chi connectivity index (χ3v) is 5.37. The van der Waals surface area contributed by atoms with Gasteiger partial charge in [0.05, 0.1) is 11.3 Å². The fraction of sp³-hybridized carbons (Fsp3) is 0.238. The molecule has 2 N–H and O–H groups in total. The van der Waals surface area contributed by atoms with Crippen molar-refractivity contribution in [3.8, 4) is 0 Å². The number of anilines is 1. The summed E-state index contributed by atoms with van der Waals surface area (Å²) in [5.74, 6) is 0.872. The van der Waals surface area contributed by atoms with Crippen LogP contribution in [0.5, 0.6) is 0 Å². The Morgan fingerprint density at radius 2 is 1.92 bits per heavy atom. The van der Waals surface area contributed by atoms with Crippen LogP contribution >= 0.6 is 11.8 Å². The molecule has 0 bridgehead atoms. The zero-order valence-electron chi connectivity index (χ0n) is 15.2. The predicted molar refractivity (Wildman–Crippen MR) is 110 cm³/mol. The molecule has 134 valence electrons. The van der Waals surface area contributed by atoms with Crippen LogP contribution in [0.2, 0.25) is 0 Å². The van der Waals surface area contributed by atoms with E-state index in [1.807, 2.05) is 57.2 Å². The van der Waals surface area contributed by atoms with Crippen molar-refractivity contribution < 1.29 is 4.79 Å². The van der Waals surface area contributed by atoms with Gasteiger partial charge in [-0.2, -0.15) is 0 Å². The van der Waals surface area contributed by atoms with Gasteiger partial charge >= 0.3 is 0 Å². The van der Waals surface area contributed by atoms with Gasteiger partial charge in [-0.1, -0.05) is 18.2 Å². The van der Waals surface area contributed by atoms with E-state index < -0.39 is 0 Å². The lowest BCUT2D eigenvalue weighted by Gasteiger charge is -2.09. The van der Waals surface area contributed by atoms with E-state index in [-0.39, 0.29) is 11.3 Å². The van der Waals surface area contributed by atoms with Gasteiger partial charge < -0.3 is 10.3 Å². The topological polar surface area (TPSA) is 62.0 Å². The minimum atomic E-state index is -0.0456. The maximum absolute atomic E-state index is 12.3. The standard InChI is InChI=1S/C21H22N2O2S/c1-13-5-4-6-16(9-13)22-20(25)12-26-11-17-10-19(24)18-8-7-14(2)15(3)21(18)23-17/h4-10H,11-12H2,1-3H3,(H,22,25)(H,23,24). The zero-order chi connectivity index (χ0) is 18.7. The highest BCUT2D eigenvalue weighted by Gasteiger charge is 2.08. The Morgan fingerprint density at radius 3 is 2.69 bits per heavy atom. The third-order valence-electron chi connectivity index (χ3n) is 4.38. The molecule has 0 radical (unpaired) electrons. The van der Waals surface area contributed by atoms with Crippen molar-refractivity contribution >= 4 is 34.3 Å². The fourth-order valence-electron chi connectivity index (χ4n) is 2.87. The van der Waals surface area contributed by atoms with Crippen LogP contribution < -0.4 is 10.7 Å². The first-order chi connectivity index (χ1) is 12.4. The molecule has 0 atom stereocenters. The third kappa shape index (κ3) is 4.17. The minimum Gasteiger partial charge on any atom is -0.357 e. The van der Waals surface area contributed by atoms with Crippen molar-refractivity contribution in [1.82, 2.24) is 4.98 Å². The molecule has 26 heavy (non-hydrogen) atoms. The van der Waals surface area contributed by atoms with Crippen LogP contribution in [-0.4, -0.2) is 16.6 Å². The summed E-state index contributed by atoms with van der Waals surface area (Å²) in [4.78, 5) is 27.8. The van der Waals surface area contributed by atoms with Gasteiger partial charge in [0, 0.05) is 28.6 Å². The SMILES string of the molecule is Cc1cccc(NC(=O)CSCc2cc(=O)c3ccc(C)c(C)c3[nH]2)c1. The first-order valence-electron chi connectivity index (χ1n) is 8.50. The Morgan fingerprint density at radius 1 is 1.12 bits per heavy atom. The largest absolute Gasteiger partial charge is 0.357 e. The first kappa shape index (κ1) is 18.3. The molecular weight excluding hydrogens is 344 g/mol. The second kappa shape index (κ2) is 7.79. The summed E-state index contributed by atoms with van der Waals surface area (Å²) in [6.45, 7) is 6.04. The lowest BCUT2D eigenvalue weighted by molar-refractivity contribution is -0.113. The molecule has 0 aliphatic rings. The van der Waals surface area contributed by atoms with Crippen LogP contribution in [0.15, 0.2) is 47.3 Å². The number of pyridine rings is 1. The van der Waals surface area contributed by atoms with Crippen LogP contribution in [-0.2, 0) is 10.5 Å². The maximum atomic E-state index is 12.3. The van der Waals surface area contributed by atoms with E-state index in [9.17, 15) is 9.59 Å². The van der Waals surface area contributed by atoms with Crippen LogP contribution in [0.3, 0.4) is 0 Å². The Kier molecular flexibility index (Phi) is 5.47. The number of nitrogens with one attached hydrogen (secondary N) is 2. The van der Waals surface area contributed by atoms with E-state index in [0.29, 0.717) is 16.9 Å². The van der Waals surface area contributed by atoms with Gasteiger partial charge in [0.25, 0.3) is 0 Å². The van der Waals surface area contributed by atoms with Crippen LogP contribution in [0.25, 0.3) is 10.9 Å². The van der Waals surface area contributed by atoms with Crippen LogP contribution in [0.4, 0.5) is 5.69 Å². The summed E-state index contributed by atoms with van der Waals surface area (Å²) in [5.41, 5.74) is 5.89. The van der Waals surface area contributed by atoms with Crippen molar-refractivity contribution in [1.29, 1.82) is 0 Å². The predicted octanol–water partition coefficient (Wildman–Crippen LogP) is 4.33. The monoisotopic (exact) mass is 366 g/mol. The summed E-state index contributed by atoms with van der Waals surface area (Å²) in [7, 11) is 0. The van der Waals surface area contributed by atoms with E-state index in [1.165, 1.54) is 11.8 Å². The Bertz CT molecular complexity index is 1020. The number of thioether (sulfide) groups is 1. The number of aryl methyl sites for hydroxylation is 3. The smallest absolute Gasteiger partial charge is 0.234 e. The van der Waals surface area contributed by atoms with Crippen molar-refractivity contribution in [3.63, 3.8) is 0 Å². The molecule has 1 aromatic heterocycles.